The highest BCUT2D eigenvalue weighted by Crippen LogP contribution is 2.32. The lowest BCUT2D eigenvalue weighted by Crippen LogP contribution is -2.40. The van der Waals surface area contributed by atoms with Crippen LogP contribution in [0.4, 0.5) is 5.69 Å². The summed E-state index contributed by atoms with van der Waals surface area (Å²) in [4.78, 5) is 28.2. The Morgan fingerprint density at radius 1 is 1.18 bits per heavy atom. The van der Waals surface area contributed by atoms with Crippen molar-refractivity contribution in [3.8, 4) is 0 Å². The number of anilines is 1. The first kappa shape index (κ1) is 18.5. The minimum atomic E-state index is -0.310. The normalized spacial score (nSPS) is 14.7. The summed E-state index contributed by atoms with van der Waals surface area (Å²) in [5, 5.41) is 5.53. The van der Waals surface area contributed by atoms with Gasteiger partial charge in [-0.1, -0.05) is 12.1 Å². The fourth-order valence-corrected chi connectivity index (χ4v) is 3.92. The van der Waals surface area contributed by atoms with Gasteiger partial charge in [0.2, 0.25) is 11.7 Å². The van der Waals surface area contributed by atoms with E-state index in [1.165, 1.54) is 6.08 Å². The highest BCUT2D eigenvalue weighted by molar-refractivity contribution is 7.11. The molecule has 1 saturated heterocycles. The molecule has 0 bridgehead atoms. The number of nitrogens with zero attached hydrogens (tertiary/aromatic N) is 1. The van der Waals surface area contributed by atoms with Gasteiger partial charge in [0.1, 0.15) is 11.3 Å². The van der Waals surface area contributed by atoms with Gasteiger partial charge in [-0.05, 0) is 42.1 Å². The molecule has 1 aliphatic heterocycles. The number of ether oxygens (including phenoxy) is 1. The zero-order chi connectivity index (χ0) is 19.5. The minimum Gasteiger partial charge on any atom is -0.449 e. The van der Waals surface area contributed by atoms with Crippen LogP contribution in [0.3, 0.4) is 0 Å². The summed E-state index contributed by atoms with van der Waals surface area (Å²) in [5.41, 5.74) is 2.09. The summed E-state index contributed by atoms with van der Waals surface area (Å²) < 4.78 is 11.1. The lowest BCUT2D eigenvalue weighted by molar-refractivity contribution is -0.111. The van der Waals surface area contributed by atoms with Crippen molar-refractivity contribution in [2.24, 2.45) is 0 Å². The van der Waals surface area contributed by atoms with Crippen LogP contribution in [0.15, 0.2) is 46.2 Å². The molecule has 0 radical (unpaired) electrons. The Hall–Kier alpha value is -2.90. The molecular weight excluding hydrogens is 376 g/mol. The number of thiophene rings is 1. The van der Waals surface area contributed by atoms with Gasteiger partial charge in [0.15, 0.2) is 0 Å². The van der Waals surface area contributed by atoms with Crippen molar-refractivity contribution in [3.63, 3.8) is 0 Å². The van der Waals surface area contributed by atoms with Crippen molar-refractivity contribution in [1.82, 2.24) is 4.90 Å². The Kier molecular flexibility index (Phi) is 5.27. The van der Waals surface area contributed by atoms with E-state index in [2.05, 4.69) is 5.32 Å². The lowest BCUT2D eigenvalue weighted by Gasteiger charge is -2.26. The van der Waals surface area contributed by atoms with Crippen LogP contribution in [-0.2, 0) is 9.53 Å². The Labute approximate surface area is 166 Å². The Morgan fingerprint density at radius 3 is 2.71 bits per heavy atom. The van der Waals surface area contributed by atoms with E-state index in [0.717, 1.165) is 10.4 Å². The molecule has 28 heavy (non-hydrogen) atoms. The first-order valence-corrected chi connectivity index (χ1v) is 9.93. The van der Waals surface area contributed by atoms with E-state index in [-0.39, 0.29) is 17.6 Å². The molecule has 3 heterocycles. The number of carbonyl (C=O) groups excluding carboxylic acids is 2. The van der Waals surface area contributed by atoms with Crippen LogP contribution in [0.2, 0.25) is 0 Å². The second kappa shape index (κ2) is 8.00. The second-order valence-corrected chi connectivity index (χ2v) is 7.45. The topological polar surface area (TPSA) is 71.8 Å². The fraction of sp³-hybridized carbons (Fsp3) is 0.238. The summed E-state index contributed by atoms with van der Waals surface area (Å²) >= 11 is 1.57. The van der Waals surface area contributed by atoms with Gasteiger partial charge in [-0.15, -0.1) is 11.3 Å². The van der Waals surface area contributed by atoms with Crippen molar-refractivity contribution in [1.29, 1.82) is 0 Å². The maximum absolute atomic E-state index is 13.0. The zero-order valence-corrected chi connectivity index (χ0v) is 16.3. The molecular formula is C21H20N2O4S. The Bertz CT molecular complexity index is 1040. The monoisotopic (exact) mass is 396 g/mol. The van der Waals surface area contributed by atoms with E-state index < -0.39 is 0 Å². The number of carbonyl (C=O) groups is 2. The maximum atomic E-state index is 13.0. The number of hydrogen-bond acceptors (Lipinski definition) is 5. The molecule has 0 aliphatic carbocycles. The van der Waals surface area contributed by atoms with Gasteiger partial charge >= 0.3 is 0 Å². The summed E-state index contributed by atoms with van der Waals surface area (Å²) in [6.07, 6.45) is 3.25. The van der Waals surface area contributed by atoms with Crippen molar-refractivity contribution in [2.45, 2.75) is 6.92 Å². The van der Waals surface area contributed by atoms with Gasteiger partial charge in [-0.25, -0.2) is 0 Å². The zero-order valence-electron chi connectivity index (χ0n) is 15.4. The van der Waals surface area contributed by atoms with E-state index in [1.807, 2.05) is 36.6 Å². The van der Waals surface area contributed by atoms with Crippen molar-refractivity contribution in [3.05, 3.63) is 58.0 Å². The second-order valence-electron chi connectivity index (χ2n) is 6.50. The van der Waals surface area contributed by atoms with Crippen LogP contribution in [0.1, 0.15) is 21.0 Å². The third-order valence-electron chi connectivity index (χ3n) is 4.62. The molecule has 2 aromatic heterocycles. The standard InChI is InChI=1S/C21H20N2O4S/c1-14-8-13-28-17(14)6-7-18(24)22-19-15-4-2-3-5-16(15)27-20(19)21(25)23-9-11-26-12-10-23/h2-8,13H,9-12H2,1H3,(H,22,24)/b7-6+. The molecule has 4 rings (SSSR count). The molecule has 3 aromatic rings. The fourth-order valence-electron chi connectivity index (χ4n) is 3.10. The van der Waals surface area contributed by atoms with Gasteiger partial charge in [0.05, 0.1) is 13.2 Å². The van der Waals surface area contributed by atoms with E-state index in [1.54, 1.807) is 28.4 Å². The number of nitrogens with one attached hydrogen (secondary N) is 1. The molecule has 2 amide bonds. The molecule has 0 atom stereocenters. The van der Waals surface area contributed by atoms with Crippen LogP contribution in [0.5, 0.6) is 0 Å². The number of fused-ring (bicyclic) bond motifs is 1. The first-order chi connectivity index (χ1) is 13.6. The molecule has 6 nitrogen and oxygen atoms in total. The van der Waals surface area contributed by atoms with Gasteiger partial charge in [-0.3, -0.25) is 9.59 Å². The van der Waals surface area contributed by atoms with Crippen molar-refractivity contribution >= 4 is 45.9 Å². The average Bonchev–Trinajstić information content (AvgIpc) is 3.30. The summed E-state index contributed by atoms with van der Waals surface area (Å²) in [6, 6.07) is 9.30. The summed E-state index contributed by atoms with van der Waals surface area (Å²) in [6.45, 7) is 3.99. The van der Waals surface area contributed by atoms with E-state index >= 15 is 0 Å². The SMILES string of the molecule is Cc1ccsc1/C=C/C(=O)Nc1c(C(=O)N2CCOCC2)oc2ccccc12. The number of furan rings is 1. The molecule has 0 unspecified atom stereocenters. The molecule has 1 N–H and O–H groups in total. The highest BCUT2D eigenvalue weighted by atomic mass is 32.1. The number of rotatable bonds is 4. The molecule has 1 fully saturated rings. The quantitative estimate of drug-likeness (QED) is 0.679. The lowest BCUT2D eigenvalue weighted by atomic mass is 10.2. The van der Waals surface area contributed by atoms with E-state index in [9.17, 15) is 9.59 Å². The third kappa shape index (κ3) is 3.72. The predicted molar refractivity (Wildman–Crippen MR) is 110 cm³/mol. The minimum absolute atomic E-state index is 0.150. The molecule has 7 heteroatoms. The Morgan fingerprint density at radius 2 is 1.96 bits per heavy atom. The third-order valence-corrected chi connectivity index (χ3v) is 5.61. The van der Waals surface area contributed by atoms with Crippen molar-refractivity contribution in [2.75, 3.05) is 31.6 Å². The highest BCUT2D eigenvalue weighted by Gasteiger charge is 2.27. The number of benzene rings is 1. The number of amides is 2. The Balaban J connectivity index is 1.63. The predicted octanol–water partition coefficient (Wildman–Crippen LogP) is 3.93. The molecule has 0 saturated carbocycles. The van der Waals surface area contributed by atoms with Gasteiger partial charge in [0, 0.05) is 29.4 Å². The average molecular weight is 396 g/mol. The van der Waals surface area contributed by atoms with E-state index in [4.69, 9.17) is 9.15 Å². The molecule has 144 valence electrons. The van der Waals surface area contributed by atoms with E-state index in [0.29, 0.717) is 43.0 Å². The number of hydrogen-bond donors (Lipinski definition) is 1. The van der Waals surface area contributed by atoms with Crippen LogP contribution in [-0.4, -0.2) is 43.0 Å². The molecule has 0 spiro atoms. The van der Waals surface area contributed by atoms with Crippen molar-refractivity contribution < 1.29 is 18.7 Å². The number of morpholine rings is 1. The number of aryl methyl sites for hydroxylation is 1. The van der Waals surface area contributed by atoms with Gasteiger partial charge in [0.25, 0.3) is 5.91 Å². The summed E-state index contributed by atoms with van der Waals surface area (Å²) in [7, 11) is 0. The van der Waals surface area contributed by atoms with Gasteiger partial charge < -0.3 is 19.4 Å². The van der Waals surface area contributed by atoms with Gasteiger partial charge in [-0.2, -0.15) is 0 Å². The van der Waals surface area contributed by atoms with Crippen LogP contribution in [0.25, 0.3) is 17.0 Å². The van der Waals surface area contributed by atoms with Crippen LogP contribution in [0, 0.1) is 6.92 Å². The number of para-hydroxylation sites is 1. The van der Waals surface area contributed by atoms with Crippen LogP contribution < -0.4 is 5.32 Å². The first-order valence-electron chi connectivity index (χ1n) is 9.05. The summed E-state index contributed by atoms with van der Waals surface area (Å²) in [5.74, 6) is -0.402. The smallest absolute Gasteiger partial charge is 0.291 e. The molecule has 1 aromatic carbocycles. The maximum Gasteiger partial charge on any atom is 0.291 e. The van der Waals surface area contributed by atoms with Crippen LogP contribution >= 0.6 is 11.3 Å². The molecule has 1 aliphatic rings. The largest absolute Gasteiger partial charge is 0.449 e.